The van der Waals surface area contributed by atoms with Crippen LogP contribution < -0.4 is 10.2 Å². The maximum absolute atomic E-state index is 9.79. The van der Waals surface area contributed by atoms with E-state index in [0.29, 0.717) is 11.8 Å². The molecular weight excluding hydrogens is 328 g/mol. The summed E-state index contributed by atoms with van der Waals surface area (Å²) in [5.74, 6) is 1.05. The van der Waals surface area contributed by atoms with Crippen molar-refractivity contribution < 1.29 is 5.11 Å². The largest absolute Gasteiger partial charge is 0.393 e. The van der Waals surface area contributed by atoms with Gasteiger partial charge in [-0.2, -0.15) is 0 Å². The van der Waals surface area contributed by atoms with Crippen molar-refractivity contribution in [2.45, 2.75) is 39.8 Å². The molecule has 2 atom stereocenters. The van der Waals surface area contributed by atoms with Crippen LogP contribution in [-0.2, 0) is 6.54 Å². The molecule has 1 aromatic carbocycles. The molecule has 0 amide bonds. The van der Waals surface area contributed by atoms with E-state index < -0.39 is 0 Å². The molecule has 3 nitrogen and oxygen atoms in total. The fourth-order valence-electron chi connectivity index (χ4n) is 2.90. The summed E-state index contributed by atoms with van der Waals surface area (Å²) in [6.07, 6.45) is 0.861. The van der Waals surface area contributed by atoms with Crippen molar-refractivity contribution in [2.75, 3.05) is 24.5 Å². The minimum Gasteiger partial charge on any atom is -0.393 e. The monoisotopic (exact) mass is 354 g/mol. The van der Waals surface area contributed by atoms with Crippen LogP contribution in [0.15, 0.2) is 22.7 Å². The molecule has 118 valence electrons. The number of hydrogen-bond donors (Lipinski definition) is 2. The molecule has 1 heterocycles. The van der Waals surface area contributed by atoms with E-state index >= 15 is 0 Å². The fourth-order valence-corrected chi connectivity index (χ4v) is 3.31. The average molecular weight is 355 g/mol. The number of aliphatic hydroxyl groups excluding tert-OH is 1. The predicted molar refractivity (Wildman–Crippen MR) is 92.7 cm³/mol. The first kappa shape index (κ1) is 16.8. The van der Waals surface area contributed by atoms with E-state index in [1.807, 2.05) is 6.92 Å². The zero-order valence-corrected chi connectivity index (χ0v) is 14.9. The molecular formula is C17H27BrN2O. The van der Waals surface area contributed by atoms with Gasteiger partial charge in [0.2, 0.25) is 0 Å². The Bertz CT molecular complexity index is 462. The van der Waals surface area contributed by atoms with Crippen LogP contribution in [0.25, 0.3) is 0 Å². The second-order valence-electron chi connectivity index (χ2n) is 6.53. The lowest BCUT2D eigenvalue weighted by molar-refractivity contribution is 0.136. The van der Waals surface area contributed by atoms with Gasteiger partial charge < -0.3 is 15.3 Å². The predicted octanol–water partition coefficient (Wildman–Crippen LogP) is 3.40. The van der Waals surface area contributed by atoms with E-state index in [1.165, 1.54) is 11.3 Å². The van der Waals surface area contributed by atoms with E-state index in [-0.39, 0.29) is 6.10 Å². The van der Waals surface area contributed by atoms with Crippen molar-refractivity contribution in [3.8, 4) is 0 Å². The lowest BCUT2D eigenvalue weighted by atomic mass is 10.0. The Morgan fingerprint density at radius 2 is 2.14 bits per heavy atom. The number of halogens is 1. The van der Waals surface area contributed by atoms with Gasteiger partial charge in [-0.15, -0.1) is 0 Å². The van der Waals surface area contributed by atoms with Gasteiger partial charge in [-0.05, 0) is 49.6 Å². The SMILES string of the molecule is CC(C)CNCc1cc(Br)ccc1N1CCC(C(C)O)C1. The van der Waals surface area contributed by atoms with E-state index in [0.717, 1.165) is 37.1 Å². The Hall–Kier alpha value is -0.580. The fraction of sp³-hybridized carbons (Fsp3) is 0.647. The van der Waals surface area contributed by atoms with Crippen LogP contribution >= 0.6 is 15.9 Å². The molecule has 0 aromatic heterocycles. The van der Waals surface area contributed by atoms with Crippen LogP contribution in [-0.4, -0.2) is 30.8 Å². The van der Waals surface area contributed by atoms with Crippen molar-refractivity contribution in [1.82, 2.24) is 5.32 Å². The van der Waals surface area contributed by atoms with Gasteiger partial charge in [0.05, 0.1) is 6.10 Å². The highest BCUT2D eigenvalue weighted by Crippen LogP contribution is 2.30. The summed E-state index contributed by atoms with van der Waals surface area (Å²) in [4.78, 5) is 2.41. The van der Waals surface area contributed by atoms with Gasteiger partial charge in [0.15, 0.2) is 0 Å². The minimum atomic E-state index is -0.215. The topological polar surface area (TPSA) is 35.5 Å². The van der Waals surface area contributed by atoms with Crippen LogP contribution in [0.3, 0.4) is 0 Å². The third-order valence-corrected chi connectivity index (χ3v) is 4.65. The number of rotatable bonds is 6. The molecule has 4 heteroatoms. The van der Waals surface area contributed by atoms with Crippen LogP contribution in [0.1, 0.15) is 32.8 Å². The summed E-state index contributed by atoms with van der Waals surface area (Å²) < 4.78 is 1.12. The Kier molecular flexibility index (Phi) is 6.08. The average Bonchev–Trinajstić information content (AvgIpc) is 2.88. The van der Waals surface area contributed by atoms with Crippen molar-refractivity contribution in [3.05, 3.63) is 28.2 Å². The van der Waals surface area contributed by atoms with Crippen LogP contribution in [0, 0.1) is 11.8 Å². The van der Waals surface area contributed by atoms with Gasteiger partial charge in [-0.25, -0.2) is 0 Å². The molecule has 1 aliphatic heterocycles. The number of aliphatic hydroxyl groups is 1. The number of anilines is 1. The number of nitrogens with zero attached hydrogens (tertiary/aromatic N) is 1. The molecule has 2 rings (SSSR count). The van der Waals surface area contributed by atoms with Gasteiger partial charge in [-0.3, -0.25) is 0 Å². The second-order valence-corrected chi connectivity index (χ2v) is 7.45. The number of nitrogens with one attached hydrogen (secondary N) is 1. The maximum atomic E-state index is 9.79. The highest BCUT2D eigenvalue weighted by Gasteiger charge is 2.27. The highest BCUT2D eigenvalue weighted by atomic mass is 79.9. The highest BCUT2D eigenvalue weighted by molar-refractivity contribution is 9.10. The van der Waals surface area contributed by atoms with E-state index in [9.17, 15) is 5.11 Å². The van der Waals surface area contributed by atoms with Gasteiger partial charge in [0, 0.05) is 35.7 Å². The molecule has 0 aliphatic carbocycles. The molecule has 0 saturated carbocycles. The lowest BCUT2D eigenvalue weighted by Gasteiger charge is -2.23. The van der Waals surface area contributed by atoms with Gasteiger partial charge in [-0.1, -0.05) is 29.8 Å². The molecule has 1 aliphatic rings. The lowest BCUT2D eigenvalue weighted by Crippen LogP contribution is -2.26. The Morgan fingerprint density at radius 3 is 2.76 bits per heavy atom. The van der Waals surface area contributed by atoms with Crippen LogP contribution in [0.4, 0.5) is 5.69 Å². The summed E-state index contributed by atoms with van der Waals surface area (Å²) in [5.41, 5.74) is 2.63. The summed E-state index contributed by atoms with van der Waals surface area (Å²) in [6.45, 7) is 10.3. The first-order valence-corrected chi connectivity index (χ1v) is 8.69. The van der Waals surface area contributed by atoms with E-state index in [4.69, 9.17) is 0 Å². The van der Waals surface area contributed by atoms with E-state index in [2.05, 4.69) is 58.2 Å². The van der Waals surface area contributed by atoms with Gasteiger partial charge in [0.25, 0.3) is 0 Å². The third-order valence-electron chi connectivity index (χ3n) is 4.16. The molecule has 2 unspecified atom stereocenters. The van der Waals surface area contributed by atoms with Crippen molar-refractivity contribution >= 4 is 21.6 Å². The standard InChI is InChI=1S/C17H27BrN2O/c1-12(2)9-19-10-15-8-16(18)4-5-17(15)20-7-6-14(11-20)13(3)21/h4-5,8,12-14,19,21H,6-7,9-11H2,1-3H3. The number of benzene rings is 1. The molecule has 1 saturated heterocycles. The van der Waals surface area contributed by atoms with Crippen molar-refractivity contribution in [1.29, 1.82) is 0 Å². The van der Waals surface area contributed by atoms with Crippen LogP contribution in [0.5, 0.6) is 0 Å². The molecule has 1 fully saturated rings. The molecule has 2 N–H and O–H groups in total. The van der Waals surface area contributed by atoms with E-state index in [1.54, 1.807) is 0 Å². The first-order chi connectivity index (χ1) is 9.97. The molecule has 0 spiro atoms. The Morgan fingerprint density at radius 1 is 1.38 bits per heavy atom. The van der Waals surface area contributed by atoms with Crippen molar-refractivity contribution in [2.24, 2.45) is 11.8 Å². The normalized spacial score (nSPS) is 20.3. The quantitative estimate of drug-likeness (QED) is 0.821. The first-order valence-electron chi connectivity index (χ1n) is 7.89. The number of hydrogen-bond acceptors (Lipinski definition) is 3. The molecule has 0 bridgehead atoms. The van der Waals surface area contributed by atoms with Gasteiger partial charge >= 0.3 is 0 Å². The van der Waals surface area contributed by atoms with Crippen LogP contribution in [0.2, 0.25) is 0 Å². The minimum absolute atomic E-state index is 0.215. The molecule has 0 radical (unpaired) electrons. The Balaban J connectivity index is 2.08. The summed E-state index contributed by atoms with van der Waals surface area (Å²) in [6, 6.07) is 6.51. The van der Waals surface area contributed by atoms with Gasteiger partial charge in [0.1, 0.15) is 0 Å². The Labute approximate surface area is 136 Å². The second kappa shape index (κ2) is 7.61. The summed E-state index contributed by atoms with van der Waals surface area (Å²) in [7, 11) is 0. The maximum Gasteiger partial charge on any atom is 0.0557 e. The van der Waals surface area contributed by atoms with Crippen molar-refractivity contribution in [3.63, 3.8) is 0 Å². The summed E-state index contributed by atoms with van der Waals surface area (Å²) >= 11 is 3.57. The summed E-state index contributed by atoms with van der Waals surface area (Å²) in [5, 5.41) is 13.3. The molecule has 1 aromatic rings. The third kappa shape index (κ3) is 4.70. The molecule has 21 heavy (non-hydrogen) atoms. The smallest absolute Gasteiger partial charge is 0.0557 e. The zero-order chi connectivity index (χ0) is 15.4. The zero-order valence-electron chi connectivity index (χ0n) is 13.3.